The van der Waals surface area contributed by atoms with Crippen LogP contribution in [0, 0.1) is 0 Å². The third-order valence-electron chi connectivity index (χ3n) is 5.39. The number of nitrogens with one attached hydrogen (secondary N) is 1. The number of hydrogen-bond acceptors (Lipinski definition) is 9. The lowest BCUT2D eigenvalue weighted by molar-refractivity contribution is -0.130. The first-order chi connectivity index (χ1) is 17.5. The van der Waals surface area contributed by atoms with E-state index in [0.717, 1.165) is 11.1 Å². The summed E-state index contributed by atoms with van der Waals surface area (Å²) in [6.45, 7) is -0.0451. The van der Waals surface area contributed by atoms with Gasteiger partial charge in [-0.05, 0) is 24.1 Å². The van der Waals surface area contributed by atoms with Crippen molar-refractivity contribution in [3.63, 3.8) is 0 Å². The van der Waals surface area contributed by atoms with E-state index >= 15 is 0 Å². The Balaban J connectivity index is 1.53. The third-order valence-corrected chi connectivity index (χ3v) is 7.34. The van der Waals surface area contributed by atoms with Gasteiger partial charge < -0.3 is 4.74 Å². The first-order valence-electron chi connectivity index (χ1n) is 10.9. The van der Waals surface area contributed by atoms with Crippen LogP contribution in [-0.2, 0) is 28.7 Å². The molecule has 36 heavy (non-hydrogen) atoms. The van der Waals surface area contributed by atoms with Crippen molar-refractivity contribution in [1.82, 2.24) is 25.5 Å². The predicted octanol–water partition coefficient (Wildman–Crippen LogP) is 2.62. The molecule has 11 nitrogen and oxygen atoms in total. The zero-order chi connectivity index (χ0) is 25.5. The van der Waals surface area contributed by atoms with E-state index in [0.29, 0.717) is 27.9 Å². The molecule has 0 aliphatic heterocycles. The molecule has 0 aliphatic rings. The number of anilines is 1. The first kappa shape index (κ1) is 25.3. The number of nitrogens with zero attached hydrogens (tertiary/aromatic N) is 5. The van der Waals surface area contributed by atoms with Crippen LogP contribution in [0.4, 0.5) is 5.00 Å². The van der Waals surface area contributed by atoms with Gasteiger partial charge in [0.25, 0.3) is 0 Å². The van der Waals surface area contributed by atoms with Crippen LogP contribution in [0.3, 0.4) is 0 Å². The molecular formula is C23H24N6O5S2. The van der Waals surface area contributed by atoms with Crippen molar-refractivity contribution in [1.29, 1.82) is 0 Å². The molecule has 0 bridgehead atoms. The van der Waals surface area contributed by atoms with Crippen LogP contribution in [0.25, 0.3) is 10.6 Å². The van der Waals surface area contributed by atoms with Gasteiger partial charge in [-0.25, -0.2) is 23.6 Å². The number of thiazole rings is 1. The first-order valence-corrected chi connectivity index (χ1v) is 12.8. The highest BCUT2D eigenvalue weighted by Gasteiger charge is 2.21. The molecule has 0 saturated carbocycles. The standard InChI is InChI=1S/C23H24N6O5S2/c1-34-20-9-7-16(8-10-20)11-19(12-21(30)26-31)28-14-18(25-27-28)15-29(36(32)33)22-13-24-23(35-22)17-5-3-2-4-6-17/h2-10,13-14,19,31,36H,11-12,15H2,1H3,(H,26,30)/t19-/m0/s1. The summed E-state index contributed by atoms with van der Waals surface area (Å²) in [5, 5.41) is 18.4. The van der Waals surface area contributed by atoms with E-state index in [9.17, 15) is 13.2 Å². The SMILES string of the molecule is COc1ccc(C[C@@H](CC(=O)NO)n2cc(CN(c3cnc(-c4ccccc4)s3)[SH](=O)=O)nn2)cc1. The maximum atomic E-state index is 12.1. The van der Waals surface area contributed by atoms with Gasteiger partial charge in [0.2, 0.25) is 16.8 Å². The summed E-state index contributed by atoms with van der Waals surface area (Å²) in [6, 6.07) is 16.4. The molecule has 0 radical (unpaired) electrons. The van der Waals surface area contributed by atoms with E-state index in [1.54, 1.807) is 18.8 Å². The molecular weight excluding hydrogens is 504 g/mol. The Kier molecular flexibility index (Phi) is 8.25. The van der Waals surface area contributed by atoms with Gasteiger partial charge in [-0.1, -0.05) is 59.0 Å². The van der Waals surface area contributed by atoms with E-state index in [-0.39, 0.29) is 13.0 Å². The average Bonchev–Trinajstić information content (AvgIpc) is 3.58. The Morgan fingerprint density at radius 3 is 2.61 bits per heavy atom. The van der Waals surface area contributed by atoms with Crippen LogP contribution in [0.2, 0.25) is 0 Å². The minimum Gasteiger partial charge on any atom is -0.497 e. The Morgan fingerprint density at radius 1 is 1.19 bits per heavy atom. The molecule has 13 heteroatoms. The second kappa shape index (κ2) is 11.7. The predicted molar refractivity (Wildman–Crippen MR) is 134 cm³/mol. The fraction of sp³-hybridized carbons (Fsp3) is 0.217. The van der Waals surface area contributed by atoms with Crippen LogP contribution in [0.5, 0.6) is 5.75 Å². The van der Waals surface area contributed by atoms with Gasteiger partial charge in [0, 0.05) is 5.56 Å². The monoisotopic (exact) mass is 528 g/mol. The number of hydroxylamine groups is 1. The highest BCUT2D eigenvalue weighted by molar-refractivity contribution is 7.74. The van der Waals surface area contributed by atoms with E-state index < -0.39 is 22.8 Å². The Bertz CT molecular complexity index is 1360. The highest BCUT2D eigenvalue weighted by atomic mass is 32.2. The quantitative estimate of drug-likeness (QED) is 0.153. The number of ether oxygens (including phenoxy) is 1. The lowest BCUT2D eigenvalue weighted by Crippen LogP contribution is -2.25. The third kappa shape index (κ3) is 6.24. The highest BCUT2D eigenvalue weighted by Crippen LogP contribution is 2.31. The molecule has 2 aromatic carbocycles. The van der Waals surface area contributed by atoms with E-state index in [1.807, 2.05) is 54.6 Å². The Hall–Kier alpha value is -3.81. The second-order valence-corrected chi connectivity index (χ2v) is 9.77. The maximum absolute atomic E-state index is 12.1. The molecule has 2 N–H and O–H groups in total. The van der Waals surface area contributed by atoms with Crippen molar-refractivity contribution in [2.75, 3.05) is 11.4 Å². The summed E-state index contributed by atoms with van der Waals surface area (Å²) >= 11 is 1.26. The summed E-state index contributed by atoms with van der Waals surface area (Å²) < 4.78 is 32.0. The van der Waals surface area contributed by atoms with Crippen LogP contribution in [0.1, 0.15) is 23.7 Å². The van der Waals surface area contributed by atoms with Crippen molar-refractivity contribution in [2.45, 2.75) is 25.4 Å². The van der Waals surface area contributed by atoms with Crippen LogP contribution in [-0.4, -0.2) is 46.6 Å². The van der Waals surface area contributed by atoms with Gasteiger partial charge in [-0.2, -0.15) is 0 Å². The summed E-state index contributed by atoms with van der Waals surface area (Å²) in [7, 11) is -1.39. The van der Waals surface area contributed by atoms with Gasteiger partial charge in [-0.3, -0.25) is 14.3 Å². The number of amides is 1. The number of aromatic nitrogens is 4. The molecule has 1 amide bonds. The number of rotatable bonds is 11. The van der Waals surface area contributed by atoms with Gasteiger partial charge in [-0.15, -0.1) is 5.10 Å². The minimum absolute atomic E-state index is 0.0451. The summed E-state index contributed by atoms with van der Waals surface area (Å²) in [6.07, 6.45) is 3.49. The maximum Gasteiger partial charge on any atom is 0.245 e. The molecule has 2 aromatic heterocycles. The summed E-state index contributed by atoms with van der Waals surface area (Å²) in [5.74, 6) is 0.129. The van der Waals surface area contributed by atoms with Gasteiger partial charge in [0.05, 0.1) is 38.5 Å². The van der Waals surface area contributed by atoms with Crippen molar-refractivity contribution in [3.05, 3.63) is 78.2 Å². The van der Waals surface area contributed by atoms with E-state index in [2.05, 4.69) is 15.3 Å². The fourth-order valence-corrected chi connectivity index (χ4v) is 5.21. The lowest BCUT2D eigenvalue weighted by Gasteiger charge is -2.16. The fourth-order valence-electron chi connectivity index (χ4n) is 3.59. The largest absolute Gasteiger partial charge is 0.497 e. The molecule has 0 spiro atoms. The summed E-state index contributed by atoms with van der Waals surface area (Å²) in [4.78, 5) is 16.3. The number of benzene rings is 2. The van der Waals surface area contributed by atoms with Gasteiger partial charge >= 0.3 is 0 Å². The number of carbonyl (C=O) groups excluding carboxylic acids is 1. The zero-order valence-electron chi connectivity index (χ0n) is 19.2. The molecule has 1 atom stereocenters. The van der Waals surface area contributed by atoms with Crippen LogP contribution < -0.4 is 14.5 Å². The van der Waals surface area contributed by atoms with E-state index in [1.165, 1.54) is 26.5 Å². The smallest absolute Gasteiger partial charge is 0.245 e. The molecule has 4 aromatic rings. The normalized spacial score (nSPS) is 11.9. The second-order valence-electron chi connectivity index (χ2n) is 7.80. The van der Waals surface area contributed by atoms with Crippen molar-refractivity contribution < 1.29 is 23.2 Å². The number of carbonyl (C=O) groups is 1. The summed E-state index contributed by atoms with van der Waals surface area (Å²) in [5.41, 5.74) is 3.86. The molecule has 2 heterocycles. The number of hydrogen-bond donors (Lipinski definition) is 3. The minimum atomic E-state index is -2.97. The molecule has 0 aliphatic carbocycles. The Morgan fingerprint density at radius 2 is 1.94 bits per heavy atom. The van der Waals surface area contributed by atoms with Crippen molar-refractivity contribution in [2.24, 2.45) is 0 Å². The van der Waals surface area contributed by atoms with Crippen LogP contribution in [0.15, 0.2) is 67.0 Å². The van der Waals surface area contributed by atoms with Crippen molar-refractivity contribution >= 4 is 33.1 Å². The molecule has 0 fully saturated rings. The van der Waals surface area contributed by atoms with Gasteiger partial charge in [0.15, 0.2) is 0 Å². The Labute approximate surface area is 213 Å². The number of thiol groups is 1. The molecule has 0 unspecified atom stereocenters. The molecule has 188 valence electrons. The topological polar surface area (TPSA) is 140 Å². The lowest BCUT2D eigenvalue weighted by atomic mass is 10.0. The zero-order valence-corrected chi connectivity index (χ0v) is 20.9. The van der Waals surface area contributed by atoms with Crippen LogP contribution >= 0.6 is 11.3 Å². The average molecular weight is 529 g/mol. The molecule has 4 rings (SSSR count). The van der Waals surface area contributed by atoms with E-state index in [4.69, 9.17) is 9.94 Å². The molecule has 0 saturated heterocycles. The van der Waals surface area contributed by atoms with Crippen molar-refractivity contribution in [3.8, 4) is 16.3 Å². The van der Waals surface area contributed by atoms with Gasteiger partial charge in [0.1, 0.15) is 21.5 Å². The number of methoxy groups -OCH3 is 1.